The van der Waals surface area contributed by atoms with Crippen molar-refractivity contribution in [1.29, 1.82) is 0 Å². The monoisotopic (exact) mass is 682 g/mol. The normalized spacial score (nSPS) is 14.7. The van der Waals surface area contributed by atoms with Gasteiger partial charge in [-0.05, 0) is 100 Å². The van der Waals surface area contributed by atoms with Crippen LogP contribution in [0.1, 0.15) is 40.8 Å². The van der Waals surface area contributed by atoms with Crippen LogP contribution in [0.2, 0.25) is 0 Å². The van der Waals surface area contributed by atoms with Crippen molar-refractivity contribution >= 4 is 41.0 Å². The van der Waals surface area contributed by atoms with Gasteiger partial charge in [-0.15, -0.1) is 0 Å². The molecule has 248 valence electrons. The second-order valence-corrected chi connectivity index (χ2v) is 14.7. The third-order valence-corrected chi connectivity index (χ3v) is 11.6. The largest absolute Gasteiger partial charge is 0.453 e. The van der Waals surface area contributed by atoms with Crippen LogP contribution in [0, 0.1) is 6.92 Å². The molecule has 0 saturated heterocycles. The summed E-state index contributed by atoms with van der Waals surface area (Å²) in [5.41, 5.74) is 14.9. The summed E-state index contributed by atoms with van der Waals surface area (Å²) in [5, 5.41) is 4.49. The number of benzene rings is 7. The molecule has 2 heterocycles. The maximum atomic E-state index is 6.99. The average Bonchev–Trinajstić information content (AvgIpc) is 3.42. The van der Waals surface area contributed by atoms with Crippen LogP contribution in [0.4, 0.5) is 0 Å². The van der Waals surface area contributed by atoms with Crippen molar-refractivity contribution in [2.45, 2.75) is 39.4 Å². The van der Waals surface area contributed by atoms with E-state index in [0.29, 0.717) is 6.61 Å². The molecule has 1 aromatic heterocycles. The fraction of sp³-hybridized carbons (Fsp3) is 0.130. The molecule has 0 spiro atoms. The van der Waals surface area contributed by atoms with Crippen LogP contribution in [0.5, 0.6) is 5.75 Å². The maximum absolute atomic E-state index is 6.99. The van der Waals surface area contributed by atoms with Gasteiger partial charge in [0.1, 0.15) is 16.9 Å². The van der Waals surface area contributed by atoms with Gasteiger partial charge in [-0.25, -0.2) is 0 Å². The quantitative estimate of drug-likeness (QED) is 0.186. The van der Waals surface area contributed by atoms with Crippen LogP contribution in [0.3, 0.4) is 0 Å². The Bertz CT molecular complexity index is 2650. The second kappa shape index (κ2) is 12.1. The average molecular weight is 683 g/mol. The van der Waals surface area contributed by atoms with E-state index < -0.39 is 8.24 Å². The van der Waals surface area contributed by atoms with Crippen molar-refractivity contribution in [3.63, 3.8) is 0 Å². The summed E-state index contributed by atoms with van der Waals surface area (Å²) in [6, 6.07) is 47.2. The van der Waals surface area contributed by atoms with Gasteiger partial charge < -0.3 is 17.7 Å². The number of rotatable bonds is 3. The van der Waals surface area contributed by atoms with Crippen molar-refractivity contribution < 1.29 is 17.7 Å². The Balaban J connectivity index is 1.30. The lowest BCUT2D eigenvalue weighted by Gasteiger charge is -2.30. The zero-order valence-electron chi connectivity index (χ0n) is 28.5. The summed E-state index contributed by atoms with van der Waals surface area (Å²) in [6.07, 6.45) is 1.77. The van der Waals surface area contributed by atoms with Crippen molar-refractivity contribution in [2.24, 2.45) is 0 Å². The van der Waals surface area contributed by atoms with Gasteiger partial charge in [-0.3, -0.25) is 0 Å². The summed E-state index contributed by atoms with van der Waals surface area (Å²) in [5.74, 6) is 0.727. The van der Waals surface area contributed by atoms with E-state index in [0.717, 1.165) is 51.7 Å². The van der Waals surface area contributed by atoms with Gasteiger partial charge in [0.25, 0.3) is 0 Å². The smallest absolute Gasteiger partial charge is 0.390 e. The molecule has 7 aromatic carbocycles. The van der Waals surface area contributed by atoms with Gasteiger partial charge >= 0.3 is 8.24 Å². The fourth-order valence-corrected chi connectivity index (χ4v) is 9.23. The first kappa shape index (κ1) is 30.3. The highest BCUT2D eigenvalue weighted by Gasteiger charge is 2.33. The Morgan fingerprint density at radius 3 is 2.04 bits per heavy atom. The SMILES string of the molecule is Cc1ccc(-c2cc3c(c4c2[C@H](C)OCc2cccc(Op5oc6ccccc6c6ccccc6o5)c2-4)-c2c(ccc4ccccc24)CC3)cc1. The van der Waals surface area contributed by atoms with Crippen LogP contribution in [-0.4, -0.2) is 0 Å². The van der Waals surface area contributed by atoms with Crippen LogP contribution in [0.25, 0.3) is 66.1 Å². The number of para-hydroxylation sites is 2. The van der Waals surface area contributed by atoms with Gasteiger partial charge in [0, 0.05) is 21.9 Å². The Hall–Kier alpha value is -5.54. The minimum absolute atomic E-state index is 0.169. The van der Waals surface area contributed by atoms with Gasteiger partial charge in [-0.2, -0.15) is 0 Å². The topological polar surface area (TPSA) is 44.7 Å². The molecule has 0 fully saturated rings. The van der Waals surface area contributed by atoms with Gasteiger partial charge in [0.2, 0.25) is 0 Å². The molecule has 51 heavy (non-hydrogen) atoms. The van der Waals surface area contributed by atoms with Crippen LogP contribution >= 0.6 is 8.24 Å². The van der Waals surface area contributed by atoms with E-state index in [1.165, 1.54) is 60.8 Å². The molecule has 1 aliphatic carbocycles. The lowest BCUT2D eigenvalue weighted by atomic mass is 9.74. The predicted molar refractivity (Wildman–Crippen MR) is 208 cm³/mol. The van der Waals surface area contributed by atoms with E-state index in [9.17, 15) is 0 Å². The lowest BCUT2D eigenvalue weighted by molar-refractivity contribution is 0.0554. The molecule has 8 aromatic rings. The van der Waals surface area contributed by atoms with Crippen molar-refractivity contribution in [2.75, 3.05) is 0 Å². The summed E-state index contributed by atoms with van der Waals surface area (Å²) in [6.45, 7) is 4.79. The molecule has 0 amide bonds. The van der Waals surface area contributed by atoms with Crippen LogP contribution < -0.4 is 4.52 Å². The molecule has 0 saturated carbocycles. The van der Waals surface area contributed by atoms with E-state index in [-0.39, 0.29) is 6.10 Å². The zero-order chi connectivity index (χ0) is 34.1. The molecule has 1 aliphatic heterocycles. The Morgan fingerprint density at radius 2 is 1.27 bits per heavy atom. The van der Waals surface area contributed by atoms with E-state index >= 15 is 0 Å². The van der Waals surface area contributed by atoms with Gasteiger partial charge in [0.05, 0.1) is 12.7 Å². The highest BCUT2D eigenvalue weighted by molar-refractivity contribution is 7.32. The highest BCUT2D eigenvalue weighted by atomic mass is 31.1. The molecular weight excluding hydrogens is 647 g/mol. The minimum atomic E-state index is -1.86. The summed E-state index contributed by atoms with van der Waals surface area (Å²) in [4.78, 5) is 0. The number of aryl methyl sites for hydroxylation is 3. The molecular formula is C46H35O4P. The van der Waals surface area contributed by atoms with Crippen molar-refractivity contribution in [3.8, 4) is 39.1 Å². The predicted octanol–water partition coefficient (Wildman–Crippen LogP) is 13.3. The summed E-state index contributed by atoms with van der Waals surface area (Å²) >= 11 is 0. The first-order chi connectivity index (χ1) is 25.1. The second-order valence-electron chi connectivity index (χ2n) is 13.7. The molecule has 10 rings (SSSR count). The molecule has 0 bridgehead atoms. The molecule has 0 unspecified atom stereocenters. The van der Waals surface area contributed by atoms with Crippen molar-refractivity contribution in [1.82, 2.24) is 0 Å². The lowest BCUT2D eigenvalue weighted by Crippen LogP contribution is -2.10. The molecule has 2 aliphatic rings. The number of hydrogen-bond donors (Lipinski definition) is 0. The Kier molecular flexibility index (Phi) is 7.16. The van der Waals surface area contributed by atoms with Crippen LogP contribution in [0.15, 0.2) is 142 Å². The first-order valence-electron chi connectivity index (χ1n) is 17.6. The third kappa shape index (κ3) is 5.01. The Morgan fingerprint density at radius 1 is 0.588 bits per heavy atom. The number of fused-ring (bicyclic) bond motifs is 12. The third-order valence-electron chi connectivity index (χ3n) is 10.6. The van der Waals surface area contributed by atoms with E-state index in [1.54, 1.807) is 0 Å². The van der Waals surface area contributed by atoms with Crippen molar-refractivity contribution in [3.05, 3.63) is 161 Å². The van der Waals surface area contributed by atoms with E-state index in [2.05, 4.69) is 111 Å². The zero-order valence-corrected chi connectivity index (χ0v) is 29.4. The molecule has 0 N–H and O–H groups in total. The molecule has 0 radical (unpaired) electrons. The highest BCUT2D eigenvalue weighted by Crippen LogP contribution is 2.55. The molecule has 5 heteroatoms. The van der Waals surface area contributed by atoms with Gasteiger partial charge in [-0.1, -0.05) is 121 Å². The molecule has 1 atom stereocenters. The fourth-order valence-electron chi connectivity index (χ4n) is 8.17. The van der Waals surface area contributed by atoms with Crippen LogP contribution in [-0.2, 0) is 24.2 Å². The first-order valence-corrected chi connectivity index (χ1v) is 18.7. The standard InChI is InChI=1S/C46H35O4P/c1-28-18-20-31(21-19-28)38-26-33-25-24-32-23-22-30-10-3-4-12-35(30)43(32)45(33)46-42(38)29(2)47-27-34-11-9-17-41(44(34)46)50-51-48-39-15-7-5-13-36(39)37-14-6-8-16-40(37)49-51/h3-23,26,29H,24-25,27H2,1-2H3/t29-/m0/s1. The number of ether oxygens (including phenoxy) is 1. The Labute approximate surface area is 297 Å². The summed E-state index contributed by atoms with van der Waals surface area (Å²) in [7, 11) is -1.86. The summed E-state index contributed by atoms with van der Waals surface area (Å²) < 4.78 is 26.9. The molecule has 4 nitrogen and oxygen atoms in total. The minimum Gasteiger partial charge on any atom is -0.390 e. The van der Waals surface area contributed by atoms with Gasteiger partial charge in [0.15, 0.2) is 0 Å². The van der Waals surface area contributed by atoms with E-state index in [4.69, 9.17) is 17.7 Å². The number of hydrogen-bond acceptors (Lipinski definition) is 4. The van der Waals surface area contributed by atoms with E-state index in [1.807, 2.05) is 36.4 Å². The maximum Gasteiger partial charge on any atom is 0.453 e.